The number of benzene rings is 2. The number of hydrogen-bond donors (Lipinski definition) is 0. The Hall–Kier alpha value is -3.48. The van der Waals surface area contributed by atoms with Crippen LogP contribution in [0.4, 0.5) is 0 Å². The zero-order valence-corrected chi connectivity index (χ0v) is 16.4. The molecule has 0 atom stereocenters. The number of esters is 1. The molecule has 0 saturated carbocycles. The maximum atomic E-state index is 12.3. The molecule has 148 valence electrons. The third kappa shape index (κ3) is 4.82. The summed E-state index contributed by atoms with van der Waals surface area (Å²) in [6.45, 7) is 1.36. The highest BCUT2D eigenvalue weighted by Gasteiger charge is 2.19. The van der Waals surface area contributed by atoms with Crippen LogP contribution in [0.15, 0.2) is 36.4 Å². The number of Topliss-reactive ketones (excluding diaryl/α,β-unsaturated/α-hetero) is 1. The van der Waals surface area contributed by atoms with E-state index in [0.717, 1.165) is 0 Å². The quantitative estimate of drug-likeness (QED) is 0.297. The summed E-state index contributed by atoms with van der Waals surface area (Å²) in [6.07, 6.45) is 2.81. The molecule has 7 heteroatoms. The van der Waals surface area contributed by atoms with E-state index in [1.807, 2.05) is 0 Å². The van der Waals surface area contributed by atoms with Crippen molar-refractivity contribution >= 4 is 17.8 Å². The second-order valence-electron chi connectivity index (χ2n) is 5.63. The summed E-state index contributed by atoms with van der Waals surface area (Å²) < 4.78 is 26.1. The third-order valence-corrected chi connectivity index (χ3v) is 3.88. The molecule has 0 fully saturated rings. The molecule has 0 radical (unpaired) electrons. The second kappa shape index (κ2) is 9.45. The third-order valence-electron chi connectivity index (χ3n) is 3.88. The fraction of sp³-hybridized carbons (Fsp3) is 0.238. The average molecular weight is 386 g/mol. The summed E-state index contributed by atoms with van der Waals surface area (Å²) in [4.78, 5) is 24.3. The molecule has 0 spiro atoms. The summed E-state index contributed by atoms with van der Waals surface area (Å²) in [5, 5.41) is 0. The van der Waals surface area contributed by atoms with E-state index in [-0.39, 0.29) is 22.8 Å². The Morgan fingerprint density at radius 2 is 1.43 bits per heavy atom. The molecule has 0 aliphatic carbocycles. The van der Waals surface area contributed by atoms with E-state index in [1.165, 1.54) is 40.4 Å². The molecule has 7 nitrogen and oxygen atoms in total. The van der Waals surface area contributed by atoms with E-state index >= 15 is 0 Å². The van der Waals surface area contributed by atoms with Gasteiger partial charge in [0.2, 0.25) is 0 Å². The minimum atomic E-state index is -0.660. The molecular weight excluding hydrogens is 364 g/mol. The van der Waals surface area contributed by atoms with Crippen molar-refractivity contribution < 1.29 is 33.3 Å². The SMILES string of the molecule is COc1cc(OC)c(C(C)=O)c(OC(=O)/C=C/c2ccc(OC)c(OC)c2)c1. The van der Waals surface area contributed by atoms with E-state index in [0.29, 0.717) is 22.8 Å². The first-order valence-electron chi connectivity index (χ1n) is 8.32. The van der Waals surface area contributed by atoms with Gasteiger partial charge in [-0.2, -0.15) is 0 Å². The van der Waals surface area contributed by atoms with Gasteiger partial charge in [-0.15, -0.1) is 0 Å². The maximum Gasteiger partial charge on any atom is 0.336 e. The van der Waals surface area contributed by atoms with E-state index in [2.05, 4.69) is 0 Å². The highest BCUT2D eigenvalue weighted by Crippen LogP contribution is 2.34. The van der Waals surface area contributed by atoms with Gasteiger partial charge in [-0.25, -0.2) is 4.79 Å². The van der Waals surface area contributed by atoms with Crippen LogP contribution in [0.2, 0.25) is 0 Å². The van der Waals surface area contributed by atoms with Gasteiger partial charge in [-0.05, 0) is 30.7 Å². The van der Waals surface area contributed by atoms with Gasteiger partial charge < -0.3 is 23.7 Å². The van der Waals surface area contributed by atoms with Crippen molar-refractivity contribution in [2.24, 2.45) is 0 Å². The molecule has 0 heterocycles. The van der Waals surface area contributed by atoms with Crippen molar-refractivity contribution in [2.45, 2.75) is 6.92 Å². The highest BCUT2D eigenvalue weighted by molar-refractivity contribution is 6.01. The summed E-state index contributed by atoms with van der Waals surface area (Å²) in [7, 11) is 5.95. The van der Waals surface area contributed by atoms with Gasteiger partial charge in [0.1, 0.15) is 22.8 Å². The zero-order valence-electron chi connectivity index (χ0n) is 16.4. The Morgan fingerprint density at radius 3 is 2.00 bits per heavy atom. The lowest BCUT2D eigenvalue weighted by Gasteiger charge is -2.13. The molecule has 0 N–H and O–H groups in total. The van der Waals surface area contributed by atoms with E-state index in [1.54, 1.807) is 37.5 Å². The lowest BCUT2D eigenvalue weighted by molar-refractivity contribution is -0.128. The van der Waals surface area contributed by atoms with Gasteiger partial charge in [0.05, 0.1) is 28.4 Å². The standard InChI is InChI=1S/C21H22O7/c1-13(22)21-18(27-5)11-15(24-2)12-19(21)28-20(23)9-7-14-6-8-16(25-3)17(10-14)26-4/h6-12H,1-5H3/b9-7+. The van der Waals surface area contributed by atoms with Gasteiger partial charge in [0.25, 0.3) is 0 Å². The first-order valence-corrected chi connectivity index (χ1v) is 8.32. The van der Waals surface area contributed by atoms with Crippen molar-refractivity contribution in [3.05, 3.63) is 47.5 Å². The van der Waals surface area contributed by atoms with Gasteiger partial charge in [0.15, 0.2) is 17.3 Å². The van der Waals surface area contributed by atoms with Crippen molar-refractivity contribution in [3.63, 3.8) is 0 Å². The molecule has 2 aromatic rings. The summed E-state index contributed by atoms with van der Waals surface area (Å²) >= 11 is 0. The molecule has 0 aliphatic heterocycles. The lowest BCUT2D eigenvalue weighted by atomic mass is 10.1. The number of ketones is 1. The summed E-state index contributed by atoms with van der Waals surface area (Å²) in [6, 6.07) is 8.22. The molecule has 2 rings (SSSR count). The van der Waals surface area contributed by atoms with Crippen LogP contribution >= 0.6 is 0 Å². The molecule has 0 saturated heterocycles. The maximum absolute atomic E-state index is 12.3. The smallest absolute Gasteiger partial charge is 0.336 e. The molecule has 28 heavy (non-hydrogen) atoms. The number of hydrogen-bond acceptors (Lipinski definition) is 7. The molecular formula is C21H22O7. The van der Waals surface area contributed by atoms with Crippen LogP contribution in [0.1, 0.15) is 22.8 Å². The van der Waals surface area contributed by atoms with Crippen LogP contribution in [-0.2, 0) is 4.79 Å². The van der Waals surface area contributed by atoms with Crippen LogP contribution in [0.5, 0.6) is 28.7 Å². The molecule has 0 bridgehead atoms. The number of rotatable bonds is 8. The molecule has 0 aromatic heterocycles. The average Bonchev–Trinajstić information content (AvgIpc) is 2.70. The van der Waals surface area contributed by atoms with Gasteiger partial charge in [-0.3, -0.25) is 4.79 Å². The van der Waals surface area contributed by atoms with Gasteiger partial charge >= 0.3 is 5.97 Å². The second-order valence-corrected chi connectivity index (χ2v) is 5.63. The fourth-order valence-electron chi connectivity index (χ4n) is 2.54. The van der Waals surface area contributed by atoms with Crippen LogP contribution in [-0.4, -0.2) is 40.2 Å². The summed E-state index contributed by atoms with van der Waals surface area (Å²) in [5.74, 6) is 0.877. The predicted molar refractivity (Wildman–Crippen MR) is 104 cm³/mol. The minimum absolute atomic E-state index is 0.0608. The topological polar surface area (TPSA) is 80.3 Å². The predicted octanol–water partition coefficient (Wildman–Crippen LogP) is 3.54. The summed E-state index contributed by atoms with van der Waals surface area (Å²) in [5.41, 5.74) is 0.876. The van der Waals surface area contributed by atoms with E-state index in [9.17, 15) is 9.59 Å². The van der Waals surface area contributed by atoms with Crippen molar-refractivity contribution in [2.75, 3.05) is 28.4 Å². The minimum Gasteiger partial charge on any atom is -0.496 e. The van der Waals surface area contributed by atoms with E-state index < -0.39 is 5.97 Å². The monoisotopic (exact) mass is 386 g/mol. The van der Waals surface area contributed by atoms with Gasteiger partial charge in [-0.1, -0.05) is 6.07 Å². The lowest BCUT2D eigenvalue weighted by Crippen LogP contribution is -2.09. The Morgan fingerprint density at radius 1 is 0.786 bits per heavy atom. The Labute approximate surface area is 163 Å². The van der Waals surface area contributed by atoms with Crippen LogP contribution in [0.25, 0.3) is 6.08 Å². The Bertz CT molecular complexity index is 900. The van der Waals surface area contributed by atoms with Crippen molar-refractivity contribution in [3.8, 4) is 28.7 Å². The normalized spacial score (nSPS) is 10.5. The van der Waals surface area contributed by atoms with E-state index in [4.69, 9.17) is 23.7 Å². The first-order chi connectivity index (χ1) is 13.4. The van der Waals surface area contributed by atoms with Crippen LogP contribution < -0.4 is 23.7 Å². The molecule has 0 unspecified atom stereocenters. The Balaban J connectivity index is 2.27. The highest BCUT2D eigenvalue weighted by atomic mass is 16.5. The largest absolute Gasteiger partial charge is 0.496 e. The zero-order chi connectivity index (χ0) is 20.7. The van der Waals surface area contributed by atoms with Crippen LogP contribution in [0.3, 0.4) is 0 Å². The number of carbonyl (C=O) groups excluding carboxylic acids is 2. The van der Waals surface area contributed by atoms with Crippen LogP contribution in [0, 0.1) is 0 Å². The van der Waals surface area contributed by atoms with Crippen molar-refractivity contribution in [1.82, 2.24) is 0 Å². The Kier molecular flexibility index (Phi) is 7.03. The van der Waals surface area contributed by atoms with Gasteiger partial charge in [0, 0.05) is 18.2 Å². The van der Waals surface area contributed by atoms with Crippen molar-refractivity contribution in [1.29, 1.82) is 0 Å². The number of carbonyl (C=O) groups is 2. The number of methoxy groups -OCH3 is 4. The molecule has 0 aliphatic rings. The fourth-order valence-corrected chi connectivity index (χ4v) is 2.54. The number of ether oxygens (including phenoxy) is 5. The molecule has 0 amide bonds. The first kappa shape index (κ1) is 20.8. The molecule has 2 aromatic carbocycles.